The van der Waals surface area contributed by atoms with Crippen molar-refractivity contribution < 1.29 is 48.8 Å². The third kappa shape index (κ3) is 5.13. The molecule has 2 aromatic heterocycles. The summed E-state index contributed by atoms with van der Waals surface area (Å²) in [6.07, 6.45) is -1.92. The highest BCUT2D eigenvalue weighted by Crippen LogP contribution is 2.39. The van der Waals surface area contributed by atoms with Crippen molar-refractivity contribution in [1.82, 2.24) is 24.3 Å². The predicted octanol–water partition coefficient (Wildman–Crippen LogP) is 1.57. The fraction of sp³-hybridized carbons (Fsp3) is 0.424. The van der Waals surface area contributed by atoms with Gasteiger partial charge >= 0.3 is 30.0 Å². The van der Waals surface area contributed by atoms with E-state index < -0.39 is 35.5 Å². The maximum absolute atomic E-state index is 13.4. The quantitative estimate of drug-likeness (QED) is 0.208. The highest BCUT2D eigenvalue weighted by Gasteiger charge is 2.49. The van der Waals surface area contributed by atoms with Crippen molar-refractivity contribution in [3.63, 3.8) is 0 Å². The highest BCUT2D eigenvalue weighted by atomic mass is 16.6. The lowest BCUT2D eigenvalue weighted by atomic mass is 9.78. The van der Waals surface area contributed by atoms with Crippen molar-refractivity contribution in [1.29, 1.82) is 0 Å². The van der Waals surface area contributed by atoms with Crippen LogP contribution in [0.25, 0.3) is 22.3 Å². The summed E-state index contributed by atoms with van der Waals surface area (Å²) in [7, 11) is 0. The minimum absolute atomic E-state index is 0.00343. The minimum atomic E-state index is -1.90. The number of esters is 1. The molecule has 0 radical (unpaired) electrons. The molecule has 0 saturated carbocycles. The molecule has 4 aliphatic rings. The van der Waals surface area contributed by atoms with Gasteiger partial charge in [-0.1, -0.05) is 6.92 Å². The van der Waals surface area contributed by atoms with Gasteiger partial charge in [-0.3, -0.25) is 14.4 Å². The number of rotatable bonds is 4. The number of aliphatic hydroxyl groups is 1. The first-order chi connectivity index (χ1) is 23.4. The van der Waals surface area contributed by atoms with Crippen molar-refractivity contribution in [3.05, 3.63) is 56.9 Å². The number of urea groups is 1. The molecule has 49 heavy (non-hydrogen) atoms. The van der Waals surface area contributed by atoms with Crippen molar-refractivity contribution >= 4 is 40.9 Å². The van der Waals surface area contributed by atoms with Gasteiger partial charge in [0, 0.05) is 55.8 Å². The Labute approximate surface area is 278 Å². The Morgan fingerprint density at radius 3 is 2.24 bits per heavy atom. The molecule has 256 valence electrons. The number of carbonyl (C=O) groups is 5. The number of carboxylic acid groups (broad SMARTS) is 2. The second kappa shape index (κ2) is 11.9. The van der Waals surface area contributed by atoms with Crippen LogP contribution in [0.5, 0.6) is 5.75 Å². The van der Waals surface area contributed by atoms with Crippen molar-refractivity contribution in [2.24, 2.45) is 5.41 Å². The number of ether oxygens (including phenoxy) is 2. The Morgan fingerprint density at radius 2 is 1.59 bits per heavy atom. The lowest BCUT2D eigenvalue weighted by molar-refractivity contribution is -0.168. The van der Waals surface area contributed by atoms with E-state index in [1.54, 1.807) is 33.7 Å². The molecule has 7 rings (SSSR count). The van der Waals surface area contributed by atoms with Crippen LogP contribution in [-0.2, 0) is 38.7 Å². The van der Waals surface area contributed by atoms with Gasteiger partial charge in [-0.05, 0) is 49.1 Å². The normalized spacial score (nSPS) is 19.5. The number of fused-ring (bicyclic) bond motifs is 5. The third-order valence-electron chi connectivity index (χ3n) is 10.1. The van der Waals surface area contributed by atoms with Crippen LogP contribution in [0.2, 0.25) is 0 Å². The van der Waals surface area contributed by atoms with Crippen LogP contribution in [0.4, 0.5) is 9.59 Å². The van der Waals surface area contributed by atoms with Crippen LogP contribution in [0.15, 0.2) is 29.1 Å². The van der Waals surface area contributed by atoms with E-state index in [4.69, 9.17) is 14.5 Å². The van der Waals surface area contributed by atoms with Crippen LogP contribution < -0.4 is 10.3 Å². The van der Waals surface area contributed by atoms with Gasteiger partial charge in [-0.2, -0.15) is 0 Å². The van der Waals surface area contributed by atoms with Gasteiger partial charge < -0.3 is 44.1 Å². The number of aromatic nitrogens is 2. The van der Waals surface area contributed by atoms with Crippen LogP contribution in [0, 0.1) is 5.41 Å². The minimum Gasteiger partial charge on any atom is -0.480 e. The first kappa shape index (κ1) is 32.1. The van der Waals surface area contributed by atoms with E-state index >= 15 is 0 Å². The maximum Gasteiger partial charge on any atom is 0.415 e. The first-order valence-corrected chi connectivity index (χ1v) is 16.0. The molecule has 1 unspecified atom stereocenters. The average molecular weight is 676 g/mol. The number of pyridine rings is 2. The third-order valence-corrected chi connectivity index (χ3v) is 10.1. The summed E-state index contributed by atoms with van der Waals surface area (Å²) in [6.45, 7) is 2.88. The van der Waals surface area contributed by atoms with Gasteiger partial charge in [-0.15, -0.1) is 0 Å². The molecule has 1 aromatic carbocycles. The van der Waals surface area contributed by atoms with Gasteiger partial charge in [0.1, 0.15) is 12.4 Å². The highest BCUT2D eigenvalue weighted by molar-refractivity contribution is 5.98. The molecule has 0 bridgehead atoms. The number of piperazine rings is 1. The zero-order valence-corrected chi connectivity index (χ0v) is 26.5. The zero-order chi connectivity index (χ0) is 34.8. The number of nitrogens with zero attached hydrogens (tertiary/aromatic N) is 5. The van der Waals surface area contributed by atoms with E-state index in [0.717, 1.165) is 16.5 Å². The fourth-order valence-corrected chi connectivity index (χ4v) is 7.20. The smallest absolute Gasteiger partial charge is 0.415 e. The molecule has 16 heteroatoms. The number of carboxylic acids is 2. The maximum atomic E-state index is 13.4. The molecule has 3 amide bonds. The number of cyclic esters (lactones) is 1. The van der Waals surface area contributed by atoms with E-state index in [9.17, 15) is 44.1 Å². The standard InChI is InChI=1S/C33H33N5O11/c1-2-18-19-13-17(3-4-23(19)34-25-21(18)15-38-24(25)14-20-22(27(38)40)16-48-28(41)26(20)39)49-32(47)37-11-9-36(10-12-37)31(46)35-7-5-33(6-8-35,29(42)43)30(44)45/h3-4,13-14,26,39H,2,5-12,15-16H2,1H3,(H,42,43)(H,44,45). The van der Waals surface area contributed by atoms with Crippen molar-refractivity contribution in [3.8, 4) is 17.1 Å². The summed E-state index contributed by atoms with van der Waals surface area (Å²) < 4.78 is 12.3. The molecule has 2 saturated heterocycles. The van der Waals surface area contributed by atoms with E-state index in [1.165, 1.54) is 9.80 Å². The number of aliphatic hydroxyl groups excluding tert-OH is 1. The number of carbonyl (C=O) groups excluding carboxylic acids is 3. The molecule has 6 heterocycles. The van der Waals surface area contributed by atoms with Gasteiger partial charge in [-0.25, -0.2) is 19.4 Å². The largest absolute Gasteiger partial charge is 0.480 e. The van der Waals surface area contributed by atoms with E-state index in [1.807, 2.05) is 6.92 Å². The van der Waals surface area contributed by atoms with Gasteiger partial charge in [0.05, 0.1) is 29.0 Å². The number of hydrogen-bond donors (Lipinski definition) is 3. The SMILES string of the molecule is CCc1c2c(nc3ccc(OC(=O)N4CCN(C(=O)N5CCC(C(=O)O)(C(=O)O)CC5)CC4)cc13)-c1cc3c(c(=O)n1C2)COC(=O)C3O. The van der Waals surface area contributed by atoms with E-state index in [2.05, 4.69) is 0 Å². The molecule has 16 nitrogen and oxygen atoms in total. The lowest BCUT2D eigenvalue weighted by Gasteiger charge is -2.40. The Hall–Kier alpha value is -5.51. The Morgan fingerprint density at radius 1 is 0.939 bits per heavy atom. The summed E-state index contributed by atoms with van der Waals surface area (Å²) in [4.78, 5) is 84.1. The molecule has 4 aliphatic heterocycles. The topological polar surface area (TPSA) is 209 Å². The average Bonchev–Trinajstić information content (AvgIpc) is 3.47. The van der Waals surface area contributed by atoms with Crippen LogP contribution in [0.3, 0.4) is 0 Å². The lowest BCUT2D eigenvalue weighted by Crippen LogP contribution is -2.57. The summed E-state index contributed by atoms with van der Waals surface area (Å²) >= 11 is 0. The Bertz CT molecular complexity index is 1990. The number of benzene rings is 1. The van der Waals surface area contributed by atoms with E-state index in [-0.39, 0.29) is 88.0 Å². The molecule has 3 aromatic rings. The Kier molecular flexibility index (Phi) is 7.77. The summed E-state index contributed by atoms with van der Waals surface area (Å²) in [5.41, 5.74) is 1.65. The number of piperidine rings is 1. The first-order valence-electron chi connectivity index (χ1n) is 16.0. The molecule has 0 aliphatic carbocycles. The van der Waals surface area contributed by atoms with Crippen LogP contribution in [0.1, 0.15) is 48.1 Å². The second-order valence-corrected chi connectivity index (χ2v) is 12.6. The van der Waals surface area contributed by atoms with Gasteiger partial charge in [0.2, 0.25) is 0 Å². The second-order valence-electron chi connectivity index (χ2n) is 12.6. The summed E-state index contributed by atoms with van der Waals surface area (Å²) in [5, 5.41) is 30.0. The molecular weight excluding hydrogens is 642 g/mol. The van der Waals surface area contributed by atoms with Crippen LogP contribution in [-0.4, -0.2) is 109 Å². The van der Waals surface area contributed by atoms with E-state index in [0.29, 0.717) is 29.1 Å². The number of hydrogen-bond acceptors (Lipinski definition) is 10. The fourth-order valence-electron chi connectivity index (χ4n) is 7.20. The molecule has 1 atom stereocenters. The predicted molar refractivity (Wildman–Crippen MR) is 168 cm³/mol. The molecule has 3 N–H and O–H groups in total. The molecule has 2 fully saturated rings. The monoisotopic (exact) mass is 675 g/mol. The van der Waals surface area contributed by atoms with Crippen molar-refractivity contribution in [2.75, 3.05) is 39.3 Å². The Balaban J connectivity index is 1.04. The number of aliphatic carboxylic acids is 2. The van der Waals surface area contributed by atoms with Crippen LogP contribution >= 0.6 is 0 Å². The van der Waals surface area contributed by atoms with Gasteiger partial charge in [0.15, 0.2) is 11.5 Å². The molecule has 0 spiro atoms. The number of aryl methyl sites for hydroxylation is 1. The number of amides is 3. The summed E-state index contributed by atoms with van der Waals surface area (Å²) in [6, 6.07) is 6.38. The summed E-state index contributed by atoms with van der Waals surface area (Å²) in [5.74, 6) is -3.33. The van der Waals surface area contributed by atoms with Crippen molar-refractivity contribution in [2.45, 2.75) is 45.4 Å². The number of likely N-dealkylation sites (tertiary alicyclic amines) is 1. The molecular formula is C33H33N5O11. The van der Waals surface area contributed by atoms with Gasteiger partial charge in [0.25, 0.3) is 5.56 Å². The zero-order valence-electron chi connectivity index (χ0n) is 26.5.